The van der Waals surface area contributed by atoms with Crippen molar-refractivity contribution in [1.82, 2.24) is 15.5 Å². The number of carbonyl (C=O) groups is 2. The molecule has 1 atom stereocenters. The van der Waals surface area contributed by atoms with Crippen LogP contribution >= 0.6 is 0 Å². The molecule has 2 aromatic carbocycles. The number of ether oxygens (including phenoxy) is 1. The predicted molar refractivity (Wildman–Crippen MR) is 104 cm³/mol. The largest absolute Gasteiger partial charge is 0.496 e. The summed E-state index contributed by atoms with van der Waals surface area (Å²) < 4.78 is 5.46. The molecule has 3 N–H and O–H groups in total. The minimum absolute atomic E-state index is 0.00201. The average molecular weight is 368 g/mol. The van der Waals surface area contributed by atoms with Gasteiger partial charge in [0.15, 0.2) is 0 Å². The van der Waals surface area contributed by atoms with Crippen LogP contribution < -0.4 is 20.7 Å². The molecule has 7 nitrogen and oxygen atoms in total. The van der Waals surface area contributed by atoms with E-state index < -0.39 is 6.03 Å². The van der Waals surface area contributed by atoms with E-state index in [1.165, 1.54) is 0 Å². The van der Waals surface area contributed by atoms with Gasteiger partial charge in [-0.05, 0) is 18.2 Å². The Hall–Kier alpha value is -2.90. The van der Waals surface area contributed by atoms with Crippen LogP contribution in [0.15, 0.2) is 54.6 Å². The van der Waals surface area contributed by atoms with Crippen molar-refractivity contribution in [2.24, 2.45) is 0 Å². The molecule has 0 saturated carbocycles. The lowest BCUT2D eigenvalue weighted by atomic mass is 10.0. The zero-order valence-electron chi connectivity index (χ0n) is 15.3. The van der Waals surface area contributed by atoms with Gasteiger partial charge in [0.25, 0.3) is 0 Å². The number of benzene rings is 2. The molecule has 1 aliphatic rings. The zero-order valence-corrected chi connectivity index (χ0v) is 15.3. The molecule has 3 amide bonds. The van der Waals surface area contributed by atoms with Crippen LogP contribution in [-0.4, -0.2) is 50.1 Å². The van der Waals surface area contributed by atoms with Gasteiger partial charge in [0.2, 0.25) is 5.91 Å². The monoisotopic (exact) mass is 368 g/mol. The van der Waals surface area contributed by atoms with Crippen molar-refractivity contribution in [2.75, 3.05) is 38.6 Å². The van der Waals surface area contributed by atoms with Crippen molar-refractivity contribution in [3.8, 4) is 5.75 Å². The third-order valence-corrected chi connectivity index (χ3v) is 4.48. The fourth-order valence-electron chi connectivity index (χ4n) is 3.22. The number of rotatable bonds is 5. The molecule has 2 aromatic rings. The summed E-state index contributed by atoms with van der Waals surface area (Å²) in [6, 6.07) is 16.3. The van der Waals surface area contributed by atoms with Gasteiger partial charge >= 0.3 is 6.03 Å². The number of nitrogens with one attached hydrogen (secondary N) is 3. The van der Waals surface area contributed by atoms with Crippen molar-refractivity contribution in [1.29, 1.82) is 0 Å². The smallest absolute Gasteiger partial charge is 0.325 e. The van der Waals surface area contributed by atoms with Crippen LogP contribution in [0.5, 0.6) is 5.75 Å². The highest BCUT2D eigenvalue weighted by molar-refractivity contribution is 6.01. The molecular formula is C20H24N4O3. The fourth-order valence-corrected chi connectivity index (χ4v) is 3.22. The van der Waals surface area contributed by atoms with E-state index in [1.54, 1.807) is 19.2 Å². The maximum absolute atomic E-state index is 12.4. The van der Waals surface area contributed by atoms with Crippen molar-refractivity contribution in [3.63, 3.8) is 0 Å². The molecule has 0 spiro atoms. The van der Waals surface area contributed by atoms with E-state index in [-0.39, 0.29) is 18.5 Å². The molecular weight excluding hydrogens is 344 g/mol. The number of nitrogens with zero attached hydrogens (tertiary/aromatic N) is 1. The van der Waals surface area contributed by atoms with E-state index >= 15 is 0 Å². The summed E-state index contributed by atoms with van der Waals surface area (Å²) >= 11 is 0. The van der Waals surface area contributed by atoms with E-state index in [9.17, 15) is 9.59 Å². The highest BCUT2D eigenvalue weighted by Crippen LogP contribution is 2.29. The Morgan fingerprint density at radius 2 is 1.89 bits per heavy atom. The Balaban J connectivity index is 1.62. The topological polar surface area (TPSA) is 82.7 Å². The number of anilines is 1. The van der Waals surface area contributed by atoms with Gasteiger partial charge in [-0.3, -0.25) is 15.0 Å². The summed E-state index contributed by atoms with van der Waals surface area (Å²) in [6.07, 6.45) is 0. The van der Waals surface area contributed by atoms with Gasteiger partial charge in [0.1, 0.15) is 5.75 Å². The Kier molecular flexibility index (Phi) is 6.40. The minimum atomic E-state index is -0.532. The van der Waals surface area contributed by atoms with E-state index in [2.05, 4.69) is 20.9 Å². The molecule has 142 valence electrons. The van der Waals surface area contributed by atoms with Gasteiger partial charge in [-0.15, -0.1) is 0 Å². The number of hydrogen-bond acceptors (Lipinski definition) is 5. The van der Waals surface area contributed by atoms with Crippen LogP contribution in [0.2, 0.25) is 0 Å². The molecule has 7 heteroatoms. The highest BCUT2D eigenvalue weighted by Gasteiger charge is 2.28. The SMILES string of the molecule is COc1ccccc1C1CNCCN1CC(=O)NC(=O)Nc1ccccc1. The molecule has 1 heterocycles. The van der Waals surface area contributed by atoms with Gasteiger partial charge in [-0.25, -0.2) is 4.79 Å². The standard InChI is InChI=1S/C20H24N4O3/c1-27-18-10-6-5-9-16(18)17-13-21-11-12-24(17)14-19(25)23-20(26)22-15-7-3-2-4-8-15/h2-10,17,21H,11-14H2,1H3,(H2,22,23,25,26). The van der Waals surface area contributed by atoms with Gasteiger partial charge < -0.3 is 15.4 Å². The number of amides is 3. The normalized spacial score (nSPS) is 17.1. The first-order chi connectivity index (χ1) is 13.2. The lowest BCUT2D eigenvalue weighted by molar-refractivity contribution is -0.121. The predicted octanol–water partition coefficient (Wildman–Crippen LogP) is 1.99. The van der Waals surface area contributed by atoms with Crippen LogP contribution in [0.3, 0.4) is 0 Å². The Labute approximate surface area is 158 Å². The second kappa shape index (κ2) is 9.16. The lowest BCUT2D eigenvalue weighted by Gasteiger charge is -2.36. The van der Waals surface area contributed by atoms with Crippen LogP contribution in [0.4, 0.5) is 10.5 Å². The molecule has 0 bridgehead atoms. The van der Waals surface area contributed by atoms with E-state index in [0.29, 0.717) is 18.8 Å². The van der Waals surface area contributed by atoms with Crippen molar-refractivity contribution in [3.05, 3.63) is 60.2 Å². The number of imide groups is 1. The molecule has 1 fully saturated rings. The first-order valence-electron chi connectivity index (χ1n) is 8.91. The third kappa shape index (κ3) is 5.06. The van der Waals surface area contributed by atoms with E-state index in [1.807, 2.05) is 42.5 Å². The summed E-state index contributed by atoms with van der Waals surface area (Å²) in [5, 5.41) is 8.40. The first kappa shape index (κ1) is 18.9. The van der Waals surface area contributed by atoms with Crippen LogP contribution in [0.1, 0.15) is 11.6 Å². The van der Waals surface area contributed by atoms with Gasteiger partial charge in [-0.1, -0.05) is 36.4 Å². The first-order valence-corrected chi connectivity index (χ1v) is 8.91. The highest BCUT2D eigenvalue weighted by atomic mass is 16.5. The summed E-state index contributed by atoms with van der Waals surface area (Å²) in [6.45, 7) is 2.34. The summed E-state index contributed by atoms with van der Waals surface area (Å²) in [5.74, 6) is 0.448. The van der Waals surface area contributed by atoms with Crippen LogP contribution in [0, 0.1) is 0 Å². The van der Waals surface area contributed by atoms with Crippen LogP contribution in [-0.2, 0) is 4.79 Å². The van der Waals surface area contributed by atoms with Gasteiger partial charge in [-0.2, -0.15) is 0 Å². The molecule has 0 radical (unpaired) electrons. The van der Waals surface area contributed by atoms with E-state index in [0.717, 1.165) is 17.9 Å². The molecule has 1 unspecified atom stereocenters. The van der Waals surface area contributed by atoms with Gasteiger partial charge in [0, 0.05) is 30.9 Å². The summed E-state index contributed by atoms with van der Waals surface area (Å²) in [7, 11) is 1.64. The number of urea groups is 1. The molecule has 1 aliphatic heterocycles. The zero-order chi connectivity index (χ0) is 19.1. The number of carbonyl (C=O) groups excluding carboxylic acids is 2. The fraction of sp³-hybridized carbons (Fsp3) is 0.300. The number of methoxy groups -OCH3 is 1. The van der Waals surface area contributed by atoms with E-state index in [4.69, 9.17) is 4.74 Å². The van der Waals surface area contributed by atoms with Gasteiger partial charge in [0.05, 0.1) is 19.7 Å². The molecule has 0 aliphatic carbocycles. The molecule has 0 aromatic heterocycles. The molecule has 1 saturated heterocycles. The minimum Gasteiger partial charge on any atom is -0.496 e. The number of hydrogen-bond donors (Lipinski definition) is 3. The second-order valence-corrected chi connectivity index (χ2v) is 6.30. The maximum atomic E-state index is 12.4. The lowest BCUT2D eigenvalue weighted by Crippen LogP contribution is -2.50. The molecule has 27 heavy (non-hydrogen) atoms. The summed E-state index contributed by atoms with van der Waals surface area (Å²) in [4.78, 5) is 26.5. The average Bonchev–Trinajstić information content (AvgIpc) is 2.69. The van der Waals surface area contributed by atoms with Crippen molar-refractivity contribution in [2.45, 2.75) is 6.04 Å². The molecule has 3 rings (SSSR count). The second-order valence-electron chi connectivity index (χ2n) is 6.30. The van der Waals surface area contributed by atoms with Crippen LogP contribution in [0.25, 0.3) is 0 Å². The Morgan fingerprint density at radius 1 is 1.15 bits per heavy atom. The maximum Gasteiger partial charge on any atom is 0.325 e. The quantitative estimate of drug-likeness (QED) is 0.752. The Morgan fingerprint density at radius 3 is 2.67 bits per heavy atom. The van der Waals surface area contributed by atoms with Crippen molar-refractivity contribution < 1.29 is 14.3 Å². The third-order valence-electron chi connectivity index (χ3n) is 4.48. The number of para-hydroxylation sites is 2. The Bertz CT molecular complexity index is 782. The van der Waals surface area contributed by atoms with Crippen molar-refractivity contribution >= 4 is 17.6 Å². The number of piperazine rings is 1. The summed E-state index contributed by atoms with van der Waals surface area (Å²) in [5.41, 5.74) is 1.66.